The third-order valence-electron chi connectivity index (χ3n) is 3.00. The van der Waals surface area contributed by atoms with Gasteiger partial charge in [0.05, 0.1) is 6.54 Å². The molecule has 0 fully saturated rings. The van der Waals surface area contributed by atoms with Crippen LogP contribution in [0.2, 0.25) is 15.1 Å². The molecule has 0 unspecified atom stereocenters. The molecule has 0 saturated carbocycles. The van der Waals surface area contributed by atoms with Gasteiger partial charge in [-0.2, -0.15) is 5.10 Å². The molecule has 0 bridgehead atoms. The Morgan fingerprint density at radius 1 is 1.22 bits per heavy atom. The van der Waals surface area contributed by atoms with E-state index in [1.807, 2.05) is 0 Å². The van der Waals surface area contributed by atoms with Gasteiger partial charge in [0, 0.05) is 28.4 Å². The van der Waals surface area contributed by atoms with Crippen LogP contribution in [0.5, 0.6) is 0 Å². The van der Waals surface area contributed by atoms with Gasteiger partial charge < -0.3 is 10.6 Å². The Balaban J connectivity index is 2.08. The summed E-state index contributed by atoms with van der Waals surface area (Å²) in [5, 5.41) is 12.6. The second kappa shape index (κ2) is 8.20. The summed E-state index contributed by atoms with van der Waals surface area (Å²) < 4.78 is 1.67. The van der Waals surface area contributed by atoms with Crippen molar-refractivity contribution in [2.45, 2.75) is 20.4 Å². The fraction of sp³-hybridized carbons (Fsp3) is 0.333. The molecule has 8 heteroatoms. The zero-order valence-electron chi connectivity index (χ0n) is 12.7. The Labute approximate surface area is 156 Å². The summed E-state index contributed by atoms with van der Waals surface area (Å²) in [5.41, 5.74) is 0.794. The van der Waals surface area contributed by atoms with Gasteiger partial charge in [-0.3, -0.25) is 4.68 Å². The first-order valence-electron chi connectivity index (χ1n) is 7.07. The minimum absolute atomic E-state index is 0.423. The van der Waals surface area contributed by atoms with E-state index in [9.17, 15) is 0 Å². The normalized spacial score (nSPS) is 10.9. The molecule has 0 aliphatic rings. The lowest BCUT2D eigenvalue weighted by molar-refractivity contribution is 0.627. The molecule has 0 spiro atoms. The molecule has 23 heavy (non-hydrogen) atoms. The Hall–Kier alpha value is -1.01. The number of halogens is 3. The lowest BCUT2D eigenvalue weighted by Crippen LogP contribution is -2.31. The van der Waals surface area contributed by atoms with E-state index in [1.165, 1.54) is 0 Å². The van der Waals surface area contributed by atoms with Crippen LogP contribution in [0.15, 0.2) is 24.4 Å². The number of hydrogen-bond donors (Lipinski definition) is 2. The molecule has 0 aliphatic heterocycles. The van der Waals surface area contributed by atoms with Gasteiger partial charge in [0.25, 0.3) is 0 Å². The van der Waals surface area contributed by atoms with Crippen LogP contribution in [-0.2, 0) is 6.54 Å². The van der Waals surface area contributed by atoms with Gasteiger partial charge in [-0.15, -0.1) is 0 Å². The van der Waals surface area contributed by atoms with E-state index in [4.69, 9.17) is 47.0 Å². The van der Waals surface area contributed by atoms with Gasteiger partial charge in [-0.25, -0.2) is 0 Å². The maximum absolute atomic E-state index is 6.20. The van der Waals surface area contributed by atoms with Crippen LogP contribution in [0.25, 0.3) is 0 Å². The topological polar surface area (TPSA) is 41.9 Å². The first-order valence-corrected chi connectivity index (χ1v) is 8.61. The van der Waals surface area contributed by atoms with Gasteiger partial charge in [0.1, 0.15) is 5.02 Å². The van der Waals surface area contributed by atoms with Crippen LogP contribution in [-0.4, -0.2) is 21.4 Å². The summed E-state index contributed by atoms with van der Waals surface area (Å²) in [4.78, 5) is 0. The summed E-state index contributed by atoms with van der Waals surface area (Å²) in [7, 11) is 0. The Kier molecular flexibility index (Phi) is 6.53. The summed E-state index contributed by atoms with van der Waals surface area (Å²) in [6.07, 6.45) is 1.70. The van der Waals surface area contributed by atoms with E-state index >= 15 is 0 Å². The molecule has 0 atom stereocenters. The number of rotatable bonds is 5. The molecule has 1 aromatic carbocycles. The highest BCUT2D eigenvalue weighted by atomic mass is 35.5. The number of nitrogens with zero attached hydrogens (tertiary/aromatic N) is 2. The number of thiocarbonyl (C=S) groups is 1. The highest BCUT2D eigenvalue weighted by molar-refractivity contribution is 7.80. The molecule has 124 valence electrons. The maximum atomic E-state index is 6.20. The minimum Gasteiger partial charge on any atom is -0.362 e. The smallest absolute Gasteiger partial charge is 0.173 e. The van der Waals surface area contributed by atoms with E-state index in [1.54, 1.807) is 29.1 Å². The summed E-state index contributed by atoms with van der Waals surface area (Å²) in [6, 6.07) is 5.38. The largest absolute Gasteiger partial charge is 0.362 e. The first-order chi connectivity index (χ1) is 10.9. The van der Waals surface area contributed by atoms with Crippen molar-refractivity contribution in [3.63, 3.8) is 0 Å². The van der Waals surface area contributed by atoms with Crippen LogP contribution in [0.3, 0.4) is 0 Å². The van der Waals surface area contributed by atoms with Crippen molar-refractivity contribution >= 4 is 58.0 Å². The monoisotopic (exact) mass is 390 g/mol. The number of anilines is 1. The zero-order chi connectivity index (χ0) is 17.0. The molecule has 1 aromatic heterocycles. The fourth-order valence-electron chi connectivity index (χ4n) is 1.86. The van der Waals surface area contributed by atoms with Crippen molar-refractivity contribution < 1.29 is 0 Å². The molecule has 0 amide bonds. The van der Waals surface area contributed by atoms with Crippen LogP contribution in [0.1, 0.15) is 19.4 Å². The van der Waals surface area contributed by atoms with Crippen LogP contribution < -0.4 is 10.6 Å². The number of hydrogen-bond acceptors (Lipinski definition) is 2. The molecule has 0 aliphatic carbocycles. The lowest BCUT2D eigenvalue weighted by Gasteiger charge is -2.10. The predicted molar refractivity (Wildman–Crippen MR) is 102 cm³/mol. The average Bonchev–Trinajstić information content (AvgIpc) is 2.81. The van der Waals surface area contributed by atoms with E-state index < -0.39 is 0 Å². The van der Waals surface area contributed by atoms with Crippen molar-refractivity contribution in [2.75, 3.05) is 11.9 Å². The van der Waals surface area contributed by atoms with Gasteiger partial charge in [-0.1, -0.05) is 54.7 Å². The highest BCUT2D eigenvalue weighted by Crippen LogP contribution is 2.26. The van der Waals surface area contributed by atoms with Crippen LogP contribution >= 0.6 is 47.0 Å². The number of nitrogens with one attached hydrogen (secondary N) is 2. The van der Waals surface area contributed by atoms with Crippen molar-refractivity contribution in [3.05, 3.63) is 45.0 Å². The van der Waals surface area contributed by atoms with Crippen molar-refractivity contribution in [3.8, 4) is 0 Å². The second-order valence-corrected chi connectivity index (χ2v) is 7.08. The molecule has 2 rings (SSSR count). The standard InChI is InChI=1S/C15H17Cl3N4S/c1-9(2)6-19-15(23)20-14-13(18)8-22(21-14)7-10-11(16)4-3-5-12(10)17/h3-5,8-9H,6-7H2,1-2H3,(H2,19,20,21,23). The summed E-state index contributed by atoms with van der Waals surface area (Å²) in [5.74, 6) is 0.987. The molecule has 0 saturated heterocycles. The molecule has 2 N–H and O–H groups in total. The number of benzene rings is 1. The molecule has 1 heterocycles. The summed E-state index contributed by atoms with van der Waals surface area (Å²) >= 11 is 23.8. The average molecular weight is 392 g/mol. The third kappa shape index (κ3) is 5.24. The fourth-order valence-corrected chi connectivity index (χ4v) is 2.75. The minimum atomic E-state index is 0.423. The van der Waals surface area contributed by atoms with Gasteiger partial charge in [0.2, 0.25) is 0 Å². The molecule has 2 aromatic rings. The van der Waals surface area contributed by atoms with Crippen LogP contribution in [0.4, 0.5) is 5.82 Å². The van der Waals surface area contributed by atoms with Gasteiger partial charge in [-0.05, 0) is 30.3 Å². The molecule has 4 nitrogen and oxygen atoms in total. The molecular weight excluding hydrogens is 375 g/mol. The van der Waals surface area contributed by atoms with Gasteiger partial charge in [0.15, 0.2) is 10.9 Å². The first kappa shape index (κ1) is 18.3. The zero-order valence-corrected chi connectivity index (χ0v) is 15.8. The number of aromatic nitrogens is 2. The van der Waals surface area contributed by atoms with Gasteiger partial charge >= 0.3 is 0 Å². The molecule has 0 radical (unpaired) electrons. The van der Waals surface area contributed by atoms with E-state index in [2.05, 4.69) is 29.6 Å². The highest BCUT2D eigenvalue weighted by Gasteiger charge is 2.12. The quantitative estimate of drug-likeness (QED) is 0.716. The maximum Gasteiger partial charge on any atom is 0.173 e. The Bertz CT molecular complexity index is 680. The van der Waals surface area contributed by atoms with E-state index in [-0.39, 0.29) is 0 Å². The van der Waals surface area contributed by atoms with Crippen molar-refractivity contribution in [1.82, 2.24) is 15.1 Å². The lowest BCUT2D eigenvalue weighted by atomic mass is 10.2. The Morgan fingerprint density at radius 2 is 1.87 bits per heavy atom. The van der Waals surface area contributed by atoms with E-state index in [0.717, 1.165) is 12.1 Å². The SMILES string of the molecule is CC(C)CNC(=S)Nc1nn(Cc2c(Cl)cccc2Cl)cc1Cl. The van der Waals surface area contributed by atoms with Crippen molar-refractivity contribution in [1.29, 1.82) is 0 Å². The Morgan fingerprint density at radius 3 is 2.48 bits per heavy atom. The predicted octanol–water partition coefficient (Wildman–Crippen LogP) is 4.83. The third-order valence-corrected chi connectivity index (χ3v) is 4.23. The van der Waals surface area contributed by atoms with Crippen LogP contribution in [0, 0.1) is 5.92 Å². The van der Waals surface area contributed by atoms with E-state index in [0.29, 0.717) is 38.5 Å². The second-order valence-electron chi connectivity index (χ2n) is 5.45. The summed E-state index contributed by atoms with van der Waals surface area (Å²) in [6.45, 7) is 5.40. The molecular formula is C15H17Cl3N4S. The van der Waals surface area contributed by atoms with Crippen molar-refractivity contribution in [2.24, 2.45) is 5.92 Å².